The maximum absolute atomic E-state index is 12.2. The van der Waals surface area contributed by atoms with Crippen molar-refractivity contribution < 1.29 is 9.53 Å². The molecule has 0 radical (unpaired) electrons. The Morgan fingerprint density at radius 3 is 2.83 bits per heavy atom. The van der Waals surface area contributed by atoms with E-state index in [1.807, 2.05) is 13.8 Å². The third-order valence-corrected chi connectivity index (χ3v) is 3.69. The third-order valence-electron chi connectivity index (χ3n) is 3.47. The Labute approximate surface area is 111 Å². The molecule has 5 heteroatoms. The van der Waals surface area contributed by atoms with E-state index in [0.717, 1.165) is 6.42 Å². The van der Waals surface area contributed by atoms with E-state index >= 15 is 0 Å². The second-order valence-electron chi connectivity index (χ2n) is 4.91. The quantitative estimate of drug-likeness (QED) is 0.809. The van der Waals surface area contributed by atoms with E-state index in [1.165, 1.54) is 0 Å². The van der Waals surface area contributed by atoms with Gasteiger partial charge in [-0.25, -0.2) is 0 Å². The molecule has 2 atom stereocenters. The second-order valence-corrected chi connectivity index (χ2v) is 5.34. The predicted octanol–water partition coefficient (Wildman–Crippen LogP) is 2.22. The Bertz CT molecular complexity index is 458. The Morgan fingerprint density at radius 1 is 1.56 bits per heavy atom. The highest BCUT2D eigenvalue weighted by Gasteiger charge is 2.38. The zero-order chi connectivity index (χ0) is 13.3. The van der Waals surface area contributed by atoms with Crippen molar-refractivity contribution in [3.8, 4) is 0 Å². The van der Waals surface area contributed by atoms with Gasteiger partial charge < -0.3 is 15.8 Å². The zero-order valence-corrected chi connectivity index (χ0v) is 11.3. The molecule has 18 heavy (non-hydrogen) atoms. The van der Waals surface area contributed by atoms with Crippen LogP contribution in [0.4, 0.5) is 5.69 Å². The lowest BCUT2D eigenvalue weighted by Crippen LogP contribution is -2.50. The number of amides is 1. The minimum atomic E-state index is -0.339. The van der Waals surface area contributed by atoms with Crippen molar-refractivity contribution in [1.29, 1.82) is 0 Å². The third kappa shape index (κ3) is 2.60. The van der Waals surface area contributed by atoms with Crippen molar-refractivity contribution in [2.45, 2.75) is 31.9 Å². The zero-order valence-electron chi connectivity index (χ0n) is 10.5. The predicted molar refractivity (Wildman–Crippen MR) is 71.8 cm³/mol. The number of carbonyl (C=O) groups excluding carboxylic acids is 1. The SMILES string of the molecule is CC1OCCC1(C)NC(=O)c1cc(N)cc(Cl)c1. The van der Waals surface area contributed by atoms with Crippen LogP contribution < -0.4 is 11.1 Å². The van der Waals surface area contributed by atoms with Crippen LogP contribution in [0.3, 0.4) is 0 Å². The number of nitrogen functional groups attached to an aromatic ring is 1. The summed E-state index contributed by atoms with van der Waals surface area (Å²) in [5.41, 5.74) is 6.29. The number of nitrogens with one attached hydrogen (secondary N) is 1. The number of ether oxygens (including phenoxy) is 1. The molecule has 3 N–H and O–H groups in total. The van der Waals surface area contributed by atoms with Gasteiger partial charge in [0.1, 0.15) is 0 Å². The molecule has 2 unspecified atom stereocenters. The molecule has 2 rings (SSSR count). The van der Waals surface area contributed by atoms with Gasteiger partial charge in [-0.2, -0.15) is 0 Å². The van der Waals surface area contributed by atoms with Crippen LogP contribution in [0, 0.1) is 0 Å². The maximum Gasteiger partial charge on any atom is 0.251 e. The number of nitrogens with two attached hydrogens (primary N) is 1. The molecule has 1 saturated heterocycles. The largest absolute Gasteiger partial charge is 0.399 e. The van der Waals surface area contributed by atoms with Crippen LogP contribution in [-0.2, 0) is 4.74 Å². The number of benzene rings is 1. The van der Waals surface area contributed by atoms with E-state index in [4.69, 9.17) is 22.1 Å². The van der Waals surface area contributed by atoms with Crippen LogP contribution in [0.25, 0.3) is 0 Å². The first kappa shape index (κ1) is 13.2. The van der Waals surface area contributed by atoms with Crippen molar-refractivity contribution in [3.63, 3.8) is 0 Å². The second kappa shape index (κ2) is 4.78. The van der Waals surface area contributed by atoms with E-state index in [1.54, 1.807) is 18.2 Å². The molecule has 1 aliphatic rings. The van der Waals surface area contributed by atoms with Crippen LogP contribution in [0.2, 0.25) is 5.02 Å². The van der Waals surface area contributed by atoms with Gasteiger partial charge in [-0.05, 0) is 38.5 Å². The first-order valence-electron chi connectivity index (χ1n) is 5.91. The maximum atomic E-state index is 12.2. The number of hydrogen-bond donors (Lipinski definition) is 2. The lowest BCUT2D eigenvalue weighted by Gasteiger charge is -2.29. The van der Waals surface area contributed by atoms with Crippen molar-refractivity contribution in [3.05, 3.63) is 28.8 Å². The molecule has 4 nitrogen and oxygen atoms in total. The number of rotatable bonds is 2. The van der Waals surface area contributed by atoms with E-state index < -0.39 is 0 Å². The average molecular weight is 269 g/mol. The summed E-state index contributed by atoms with van der Waals surface area (Å²) in [4.78, 5) is 12.2. The van der Waals surface area contributed by atoms with Gasteiger partial charge in [0.05, 0.1) is 11.6 Å². The Hall–Kier alpha value is -1.26. The molecular formula is C13H17ClN2O2. The first-order chi connectivity index (χ1) is 8.40. The topological polar surface area (TPSA) is 64.3 Å². The Balaban J connectivity index is 2.17. The molecule has 1 heterocycles. The van der Waals surface area contributed by atoms with E-state index in [2.05, 4.69) is 5.32 Å². The summed E-state index contributed by atoms with van der Waals surface area (Å²) in [6.07, 6.45) is 0.800. The summed E-state index contributed by atoms with van der Waals surface area (Å²) in [5, 5.41) is 3.46. The number of halogens is 1. The van der Waals surface area contributed by atoms with Crippen LogP contribution in [0.15, 0.2) is 18.2 Å². The highest BCUT2D eigenvalue weighted by atomic mass is 35.5. The number of anilines is 1. The summed E-state index contributed by atoms with van der Waals surface area (Å²) in [6.45, 7) is 4.60. The molecule has 0 aromatic heterocycles. The molecule has 98 valence electrons. The fraction of sp³-hybridized carbons (Fsp3) is 0.462. The standard InChI is InChI=1S/C13H17ClN2O2/c1-8-13(2,3-4-18-8)16-12(17)9-5-10(14)7-11(15)6-9/h5-8H,3-4,15H2,1-2H3,(H,16,17). The van der Waals surface area contributed by atoms with Crippen LogP contribution in [0.1, 0.15) is 30.6 Å². The van der Waals surface area contributed by atoms with Crippen LogP contribution >= 0.6 is 11.6 Å². The minimum absolute atomic E-state index is 0.00187. The Morgan fingerprint density at radius 2 is 2.28 bits per heavy atom. The molecule has 1 aliphatic heterocycles. The van der Waals surface area contributed by atoms with Gasteiger partial charge in [0.25, 0.3) is 5.91 Å². The first-order valence-corrected chi connectivity index (χ1v) is 6.29. The van der Waals surface area contributed by atoms with Crippen molar-refractivity contribution in [2.24, 2.45) is 0 Å². The summed E-state index contributed by atoms with van der Waals surface area (Å²) in [5.74, 6) is -0.177. The normalized spacial score (nSPS) is 27.2. The van der Waals surface area contributed by atoms with Gasteiger partial charge in [0.2, 0.25) is 0 Å². The molecule has 1 fully saturated rings. The van der Waals surface area contributed by atoms with Gasteiger partial charge in [0, 0.05) is 22.9 Å². The van der Waals surface area contributed by atoms with Crippen molar-refractivity contribution in [2.75, 3.05) is 12.3 Å². The molecule has 0 aliphatic carbocycles. The van der Waals surface area contributed by atoms with Crippen LogP contribution in [0.5, 0.6) is 0 Å². The average Bonchev–Trinajstić information content (AvgIpc) is 2.57. The minimum Gasteiger partial charge on any atom is -0.399 e. The Kier molecular flexibility index (Phi) is 3.50. The van der Waals surface area contributed by atoms with Gasteiger partial charge in [-0.3, -0.25) is 4.79 Å². The fourth-order valence-corrected chi connectivity index (χ4v) is 2.32. The number of hydrogen-bond acceptors (Lipinski definition) is 3. The van der Waals surface area contributed by atoms with E-state index in [-0.39, 0.29) is 17.6 Å². The van der Waals surface area contributed by atoms with Gasteiger partial charge in [0.15, 0.2) is 0 Å². The molecule has 0 saturated carbocycles. The smallest absolute Gasteiger partial charge is 0.251 e. The molecule has 0 spiro atoms. The fourth-order valence-electron chi connectivity index (χ4n) is 2.07. The van der Waals surface area contributed by atoms with Crippen molar-refractivity contribution >= 4 is 23.2 Å². The van der Waals surface area contributed by atoms with Crippen LogP contribution in [-0.4, -0.2) is 24.2 Å². The molecular weight excluding hydrogens is 252 g/mol. The molecule has 0 bridgehead atoms. The van der Waals surface area contributed by atoms with Gasteiger partial charge >= 0.3 is 0 Å². The van der Waals surface area contributed by atoms with Gasteiger partial charge in [-0.1, -0.05) is 11.6 Å². The highest BCUT2D eigenvalue weighted by molar-refractivity contribution is 6.31. The molecule has 1 aromatic carbocycles. The lowest BCUT2D eigenvalue weighted by molar-refractivity contribution is 0.0727. The van der Waals surface area contributed by atoms with E-state index in [9.17, 15) is 4.79 Å². The monoisotopic (exact) mass is 268 g/mol. The van der Waals surface area contributed by atoms with E-state index in [0.29, 0.717) is 22.9 Å². The summed E-state index contributed by atoms with van der Waals surface area (Å²) >= 11 is 5.89. The molecule has 1 amide bonds. The highest BCUT2D eigenvalue weighted by Crippen LogP contribution is 2.26. The molecule has 1 aromatic rings. The summed E-state index contributed by atoms with van der Waals surface area (Å²) in [6, 6.07) is 4.84. The number of carbonyl (C=O) groups is 1. The van der Waals surface area contributed by atoms with Crippen molar-refractivity contribution in [1.82, 2.24) is 5.32 Å². The van der Waals surface area contributed by atoms with Gasteiger partial charge in [-0.15, -0.1) is 0 Å². The summed E-state index contributed by atoms with van der Waals surface area (Å²) < 4.78 is 5.49. The lowest BCUT2D eigenvalue weighted by atomic mass is 9.94. The summed E-state index contributed by atoms with van der Waals surface area (Å²) in [7, 11) is 0.